The summed E-state index contributed by atoms with van der Waals surface area (Å²) in [6.07, 6.45) is 0.687. The second-order valence-corrected chi connectivity index (χ2v) is 7.51. The molecule has 162 valence electrons. The van der Waals surface area contributed by atoms with E-state index in [1.165, 1.54) is 18.2 Å². The van der Waals surface area contributed by atoms with Gasteiger partial charge in [0.2, 0.25) is 5.91 Å². The van der Waals surface area contributed by atoms with E-state index in [1.807, 2.05) is 9.47 Å². The van der Waals surface area contributed by atoms with E-state index in [9.17, 15) is 18.0 Å². The molecule has 6 nitrogen and oxygen atoms in total. The van der Waals surface area contributed by atoms with Crippen molar-refractivity contribution in [1.82, 2.24) is 25.0 Å². The van der Waals surface area contributed by atoms with Gasteiger partial charge >= 0.3 is 0 Å². The van der Waals surface area contributed by atoms with E-state index >= 15 is 0 Å². The van der Waals surface area contributed by atoms with Crippen molar-refractivity contribution in [3.05, 3.63) is 82.7 Å². The third-order valence-electron chi connectivity index (χ3n) is 5.32. The number of benzene rings is 2. The Hall–Kier alpha value is -3.20. The number of hydrogen-bond acceptors (Lipinski definition) is 4. The van der Waals surface area contributed by atoms with Gasteiger partial charge < -0.3 is 9.88 Å². The van der Waals surface area contributed by atoms with E-state index in [0.717, 1.165) is 11.9 Å². The number of rotatable bonds is 6. The maximum atomic E-state index is 14.0. The van der Waals surface area contributed by atoms with Gasteiger partial charge in [-0.2, -0.15) is 0 Å². The molecule has 0 aliphatic carbocycles. The SMILES string of the molecule is O=C(Cc1cccc(F)c1)NCc1nnc2n1CCN(Cc1cccc(F)c1F)CC2. The van der Waals surface area contributed by atoms with Crippen LogP contribution in [0.2, 0.25) is 0 Å². The number of nitrogens with one attached hydrogen (secondary N) is 1. The first kappa shape index (κ1) is 21.0. The van der Waals surface area contributed by atoms with Crippen LogP contribution in [0.1, 0.15) is 22.8 Å². The van der Waals surface area contributed by atoms with Gasteiger partial charge in [0.1, 0.15) is 11.6 Å². The molecule has 4 rings (SSSR count). The van der Waals surface area contributed by atoms with Crippen LogP contribution in [0.3, 0.4) is 0 Å². The minimum absolute atomic E-state index is 0.0751. The molecule has 0 unspecified atom stereocenters. The molecule has 1 aliphatic rings. The maximum absolute atomic E-state index is 14.0. The second kappa shape index (κ2) is 9.30. The molecule has 1 aromatic heterocycles. The molecular weight excluding hydrogens is 407 g/mol. The van der Waals surface area contributed by atoms with Crippen molar-refractivity contribution in [3.8, 4) is 0 Å². The summed E-state index contributed by atoms with van der Waals surface area (Å²) in [5.41, 5.74) is 0.917. The largest absolute Gasteiger partial charge is 0.349 e. The topological polar surface area (TPSA) is 63.1 Å². The van der Waals surface area contributed by atoms with Crippen molar-refractivity contribution in [1.29, 1.82) is 0 Å². The summed E-state index contributed by atoms with van der Waals surface area (Å²) < 4.78 is 42.7. The molecule has 0 bridgehead atoms. The van der Waals surface area contributed by atoms with Crippen LogP contribution in [0.5, 0.6) is 0 Å². The number of halogens is 3. The Bertz CT molecular complexity index is 1080. The van der Waals surface area contributed by atoms with Gasteiger partial charge in [0.05, 0.1) is 13.0 Å². The molecule has 9 heteroatoms. The fourth-order valence-corrected chi connectivity index (χ4v) is 3.70. The average Bonchev–Trinajstić information content (AvgIpc) is 3.02. The first-order valence-electron chi connectivity index (χ1n) is 10.1. The quantitative estimate of drug-likeness (QED) is 0.655. The van der Waals surface area contributed by atoms with Crippen molar-refractivity contribution in [2.45, 2.75) is 32.5 Å². The smallest absolute Gasteiger partial charge is 0.224 e. The highest BCUT2D eigenvalue weighted by Crippen LogP contribution is 2.16. The highest BCUT2D eigenvalue weighted by molar-refractivity contribution is 5.78. The van der Waals surface area contributed by atoms with Gasteiger partial charge in [-0.15, -0.1) is 10.2 Å². The lowest BCUT2D eigenvalue weighted by Crippen LogP contribution is -2.28. The first-order valence-corrected chi connectivity index (χ1v) is 10.1. The Morgan fingerprint density at radius 2 is 1.87 bits per heavy atom. The van der Waals surface area contributed by atoms with Gasteiger partial charge in [-0.25, -0.2) is 13.2 Å². The molecule has 0 saturated carbocycles. The minimum Gasteiger partial charge on any atom is -0.349 e. The third-order valence-corrected chi connectivity index (χ3v) is 5.32. The van der Waals surface area contributed by atoms with Crippen LogP contribution in [0, 0.1) is 17.5 Å². The summed E-state index contributed by atoms with van der Waals surface area (Å²) in [5.74, 6) is -0.859. The number of amides is 1. The van der Waals surface area contributed by atoms with E-state index < -0.39 is 11.6 Å². The van der Waals surface area contributed by atoms with E-state index in [-0.39, 0.29) is 24.7 Å². The fraction of sp³-hybridized carbons (Fsp3) is 0.318. The summed E-state index contributed by atoms with van der Waals surface area (Å²) in [4.78, 5) is 14.2. The van der Waals surface area contributed by atoms with Gasteiger partial charge in [-0.05, 0) is 23.8 Å². The monoisotopic (exact) mass is 429 g/mol. The predicted molar refractivity (Wildman–Crippen MR) is 107 cm³/mol. The Morgan fingerprint density at radius 1 is 1.03 bits per heavy atom. The third kappa shape index (κ3) is 5.11. The molecule has 1 N–H and O–H groups in total. The van der Waals surface area contributed by atoms with Crippen LogP contribution in [0.15, 0.2) is 42.5 Å². The zero-order valence-electron chi connectivity index (χ0n) is 16.8. The molecule has 1 aliphatic heterocycles. The molecule has 3 aromatic rings. The van der Waals surface area contributed by atoms with E-state index in [4.69, 9.17) is 0 Å². The van der Waals surface area contributed by atoms with Crippen molar-refractivity contribution in [2.75, 3.05) is 13.1 Å². The van der Waals surface area contributed by atoms with Crippen molar-refractivity contribution < 1.29 is 18.0 Å². The van der Waals surface area contributed by atoms with Crippen LogP contribution in [0.25, 0.3) is 0 Å². The lowest BCUT2D eigenvalue weighted by molar-refractivity contribution is -0.120. The molecule has 31 heavy (non-hydrogen) atoms. The number of nitrogens with zero attached hydrogens (tertiary/aromatic N) is 4. The molecule has 0 saturated heterocycles. The highest BCUT2D eigenvalue weighted by Gasteiger charge is 2.20. The standard InChI is InChI=1S/C22H22F3N5O/c23-17-5-1-3-15(11-17)12-21(31)26-13-20-28-27-19-7-8-29(9-10-30(19)20)14-16-4-2-6-18(24)22(16)25/h1-6,11H,7-10,12-14H2,(H,26,31). The molecule has 2 heterocycles. The van der Waals surface area contributed by atoms with Crippen molar-refractivity contribution >= 4 is 5.91 Å². The maximum Gasteiger partial charge on any atom is 0.224 e. The molecule has 0 fully saturated rings. The number of carbonyl (C=O) groups is 1. The average molecular weight is 429 g/mol. The number of carbonyl (C=O) groups excluding carboxylic acids is 1. The van der Waals surface area contributed by atoms with Gasteiger partial charge in [0.25, 0.3) is 0 Å². The Labute approximate surface area is 177 Å². The highest BCUT2D eigenvalue weighted by atomic mass is 19.2. The Kier molecular flexibility index (Phi) is 6.31. The molecule has 0 spiro atoms. The first-order chi connectivity index (χ1) is 15.0. The summed E-state index contributed by atoms with van der Waals surface area (Å²) in [7, 11) is 0. The van der Waals surface area contributed by atoms with Gasteiger partial charge in [-0.1, -0.05) is 24.3 Å². The molecule has 1 amide bonds. The van der Waals surface area contributed by atoms with Crippen LogP contribution in [0.4, 0.5) is 13.2 Å². The van der Waals surface area contributed by atoms with E-state index in [2.05, 4.69) is 15.5 Å². The van der Waals surface area contributed by atoms with E-state index in [0.29, 0.717) is 49.6 Å². The lowest BCUT2D eigenvalue weighted by Gasteiger charge is -2.20. The predicted octanol–water partition coefficient (Wildman–Crippen LogP) is 2.61. The molecule has 2 aromatic carbocycles. The zero-order chi connectivity index (χ0) is 21.8. The zero-order valence-corrected chi connectivity index (χ0v) is 16.8. The van der Waals surface area contributed by atoms with Crippen molar-refractivity contribution in [3.63, 3.8) is 0 Å². The normalized spacial score (nSPS) is 14.2. The summed E-state index contributed by atoms with van der Waals surface area (Å²) in [5, 5.41) is 11.2. The van der Waals surface area contributed by atoms with Gasteiger partial charge in [0, 0.05) is 38.2 Å². The molecular formula is C22H22F3N5O. The van der Waals surface area contributed by atoms with Crippen molar-refractivity contribution in [2.24, 2.45) is 0 Å². The molecule has 0 radical (unpaired) electrons. The summed E-state index contributed by atoms with van der Waals surface area (Å²) in [6.45, 7) is 2.35. The summed E-state index contributed by atoms with van der Waals surface area (Å²) in [6, 6.07) is 10.1. The fourth-order valence-electron chi connectivity index (χ4n) is 3.70. The van der Waals surface area contributed by atoms with Crippen LogP contribution < -0.4 is 5.32 Å². The van der Waals surface area contributed by atoms with Gasteiger partial charge in [0.15, 0.2) is 17.5 Å². The number of aromatic nitrogens is 3. The summed E-state index contributed by atoms with van der Waals surface area (Å²) >= 11 is 0. The second-order valence-electron chi connectivity index (χ2n) is 7.51. The van der Waals surface area contributed by atoms with Gasteiger partial charge in [-0.3, -0.25) is 9.69 Å². The lowest BCUT2D eigenvalue weighted by atomic mass is 10.1. The number of fused-ring (bicyclic) bond motifs is 1. The van der Waals surface area contributed by atoms with Crippen LogP contribution in [-0.4, -0.2) is 38.7 Å². The van der Waals surface area contributed by atoms with E-state index in [1.54, 1.807) is 18.2 Å². The molecule has 0 atom stereocenters. The Morgan fingerprint density at radius 3 is 2.71 bits per heavy atom. The number of hydrogen-bond donors (Lipinski definition) is 1. The Balaban J connectivity index is 1.34. The minimum atomic E-state index is -0.847. The van der Waals surface area contributed by atoms with Crippen LogP contribution in [-0.2, 0) is 37.3 Å². The van der Waals surface area contributed by atoms with Crippen LogP contribution >= 0.6 is 0 Å².